The molecule has 0 aliphatic rings. The zero-order valence-corrected chi connectivity index (χ0v) is 59.9. The first kappa shape index (κ1) is 81.7. The Kier molecular flexibility index (Phi) is 31.0. The quantitative estimate of drug-likeness (QED) is 0.00879. The van der Waals surface area contributed by atoms with Gasteiger partial charge in [-0.25, -0.2) is 39.1 Å². The van der Waals surface area contributed by atoms with Gasteiger partial charge in [0.15, 0.2) is 23.0 Å². The van der Waals surface area contributed by atoms with Crippen molar-refractivity contribution in [3.8, 4) is 68.0 Å². The highest BCUT2D eigenvalue weighted by molar-refractivity contribution is 6.11. The molecule has 2 aromatic heterocycles. The van der Waals surface area contributed by atoms with Crippen LogP contribution in [0.2, 0.25) is 0 Å². The number of esters is 12. The summed E-state index contributed by atoms with van der Waals surface area (Å²) in [4.78, 5) is 167. The molecule has 0 atom stereocenters. The van der Waals surface area contributed by atoms with E-state index in [9.17, 15) is 57.5 Å². The van der Waals surface area contributed by atoms with E-state index < -0.39 is 71.6 Å². The molecule has 28 heteroatoms. The number of fused-ring (bicyclic) bond motifs is 3. The van der Waals surface area contributed by atoms with E-state index in [2.05, 4.69) is 26.3 Å². The lowest BCUT2D eigenvalue weighted by molar-refractivity contribution is -0.151. The molecule has 0 fully saturated rings. The summed E-state index contributed by atoms with van der Waals surface area (Å²) >= 11 is 0. The molecule has 0 saturated carbocycles. The summed E-state index contributed by atoms with van der Waals surface area (Å²) in [6, 6.07) is 43.6. The molecule has 0 saturated heterocycles. The Morgan fingerprint density at radius 3 is 0.682 bits per heavy atom. The highest BCUT2D eigenvalue weighted by atomic mass is 16.6. The average molecular weight is 1500 g/mol. The molecule has 0 amide bonds. The van der Waals surface area contributed by atoms with Crippen molar-refractivity contribution in [2.75, 3.05) is 52.9 Å². The van der Waals surface area contributed by atoms with Gasteiger partial charge in [0.25, 0.3) is 0 Å². The lowest BCUT2D eigenvalue weighted by Gasteiger charge is -2.19. The van der Waals surface area contributed by atoms with E-state index in [0.717, 1.165) is 24.3 Å². The largest absolute Gasteiger partial charge is 0.462 e. The summed E-state index contributed by atoms with van der Waals surface area (Å²) in [5.41, 5.74) is 5.78. The number of nitrogens with zero attached hydrogens (tertiary/aromatic N) is 4. The smallest absolute Gasteiger partial charge is 0.330 e. The number of rotatable bonds is 36. The number of hydrogen-bond donors (Lipinski definition) is 0. The summed E-state index contributed by atoms with van der Waals surface area (Å²) in [5.74, 6) is -8.52. The Balaban J connectivity index is 0.000000277. The van der Waals surface area contributed by atoms with Crippen molar-refractivity contribution < 1.29 is 114 Å². The van der Waals surface area contributed by atoms with Crippen LogP contribution in [0.15, 0.2) is 196 Å². The topological polar surface area (TPSA) is 367 Å². The second-order valence-electron chi connectivity index (χ2n) is 23.1. The number of aromatic nitrogens is 4. The molecule has 0 aliphatic carbocycles. The van der Waals surface area contributed by atoms with Crippen LogP contribution in [0.4, 0.5) is 0 Å². The van der Waals surface area contributed by atoms with Crippen LogP contribution in [0.5, 0.6) is 23.0 Å². The van der Waals surface area contributed by atoms with Gasteiger partial charge in [0.05, 0.1) is 74.1 Å². The minimum Gasteiger partial charge on any atom is -0.462 e. The highest BCUT2D eigenvalue weighted by Crippen LogP contribution is 2.46. The Hall–Kier alpha value is -13.9. The minimum atomic E-state index is -0.788. The molecule has 0 radical (unpaired) electrons. The predicted molar refractivity (Wildman–Crippen MR) is 396 cm³/mol. The monoisotopic (exact) mass is 1500 g/mol. The van der Waals surface area contributed by atoms with E-state index in [1.54, 1.807) is 38.1 Å². The second-order valence-corrected chi connectivity index (χ2v) is 23.1. The van der Waals surface area contributed by atoms with E-state index >= 15 is 0 Å². The summed E-state index contributed by atoms with van der Waals surface area (Å²) in [7, 11) is 0. The van der Waals surface area contributed by atoms with Gasteiger partial charge in [-0.05, 0) is 13.8 Å². The third-order valence-corrected chi connectivity index (χ3v) is 15.5. The second kappa shape index (κ2) is 41.7. The van der Waals surface area contributed by atoms with Crippen LogP contribution in [0.3, 0.4) is 0 Å². The van der Waals surface area contributed by atoms with E-state index in [-0.39, 0.29) is 149 Å². The van der Waals surface area contributed by atoms with Crippen molar-refractivity contribution in [3.63, 3.8) is 0 Å². The predicted octanol–water partition coefficient (Wildman–Crippen LogP) is 11.5. The number of carbonyl (C=O) groups excluding carboxylic acids is 12. The lowest BCUT2D eigenvalue weighted by Crippen LogP contribution is -2.17. The van der Waals surface area contributed by atoms with Gasteiger partial charge < -0.3 is 56.8 Å². The van der Waals surface area contributed by atoms with Gasteiger partial charge in [-0.2, -0.15) is 0 Å². The molecular formula is C82H74N4O24. The van der Waals surface area contributed by atoms with Crippen LogP contribution in [-0.2, 0) is 95.4 Å². The first-order chi connectivity index (χ1) is 53.2. The molecule has 0 aliphatic heterocycles. The highest BCUT2D eigenvalue weighted by Gasteiger charge is 2.29. The van der Waals surface area contributed by atoms with Gasteiger partial charge in [0.2, 0.25) is 0 Å². The zero-order chi connectivity index (χ0) is 78.9. The van der Waals surface area contributed by atoms with Crippen LogP contribution in [0.25, 0.3) is 77.9 Å². The summed E-state index contributed by atoms with van der Waals surface area (Å²) in [5, 5.41) is 0.689. The maximum Gasteiger partial charge on any atom is 0.330 e. The van der Waals surface area contributed by atoms with Crippen LogP contribution in [-0.4, -0.2) is 144 Å². The average Bonchev–Trinajstić information content (AvgIpc) is 0.742. The summed E-state index contributed by atoms with van der Waals surface area (Å²) in [6.45, 7) is 14.9. The molecule has 0 spiro atoms. The minimum absolute atomic E-state index is 0.00938. The van der Waals surface area contributed by atoms with Crippen LogP contribution >= 0.6 is 0 Å². The molecule has 0 bridgehead atoms. The SMILES string of the molecule is C=CC(=O)OCCOC(=O)CCC(=O)Oc1c(C)c(C)c(OC(=O)CCC(=O)OCCOC(=O)C=C)c2nc(-c3ccccc3)c(-c3ccccc3)nc12.C=CC(=O)OCCOC(=O)CCC(=O)Oc1c2ccccc2c(OC(=O)CCC(=O)OCCOC(=O)C=C)c2nc(-c3ccccc3)c(-c3ccccc3)nc12. The molecule has 9 rings (SSSR count). The first-order valence-corrected chi connectivity index (χ1v) is 34.1. The van der Waals surface area contributed by atoms with Gasteiger partial charge in [-0.15, -0.1) is 0 Å². The zero-order valence-electron chi connectivity index (χ0n) is 59.9. The standard InChI is InChI=1S/C42H36N2O12.C40H38N2O12/c1-3-31(45)51-23-25-53-33(47)19-21-35(49)55-41-29-17-11-12-18-30(29)42(56-36(50)22-20-34(48)54-26-24-52-32(46)4-2)40-39(41)43-37(27-13-7-5-8-14-27)38(44-40)28-15-9-6-10-16-28;1-5-29(43)49-21-23-51-31(45)17-19-33(47)53-39-25(3)26(4)40(54-34(48)20-18-32(46)52-24-22-50-30(44)6-2)38-37(39)41-35(27-13-9-7-10-14-27)36(42-38)28-15-11-8-12-16-28/h3-18H,1-2,19-26H2;5-16H,1-2,17-24H2,3-4H3. The Morgan fingerprint density at radius 2 is 0.455 bits per heavy atom. The number of ether oxygens (including phenoxy) is 12. The maximum absolute atomic E-state index is 13.3. The van der Waals surface area contributed by atoms with Crippen molar-refractivity contribution in [2.45, 2.75) is 65.2 Å². The first-order valence-electron chi connectivity index (χ1n) is 34.1. The summed E-state index contributed by atoms with van der Waals surface area (Å²) < 4.78 is 62.8. The molecule has 7 aromatic carbocycles. The van der Waals surface area contributed by atoms with E-state index in [0.29, 0.717) is 66.9 Å². The van der Waals surface area contributed by atoms with E-state index in [1.165, 1.54) is 0 Å². The van der Waals surface area contributed by atoms with Crippen LogP contribution in [0.1, 0.15) is 62.5 Å². The van der Waals surface area contributed by atoms with Gasteiger partial charge >= 0.3 is 71.6 Å². The lowest BCUT2D eigenvalue weighted by atomic mass is 10.0. The van der Waals surface area contributed by atoms with Crippen molar-refractivity contribution in [1.82, 2.24) is 19.9 Å². The van der Waals surface area contributed by atoms with E-state index in [1.807, 2.05) is 121 Å². The fourth-order valence-corrected chi connectivity index (χ4v) is 10.2. The van der Waals surface area contributed by atoms with Crippen molar-refractivity contribution in [3.05, 3.63) is 207 Å². The fraction of sp³-hybridized carbons (Fsp3) is 0.220. The third-order valence-electron chi connectivity index (χ3n) is 15.5. The van der Waals surface area contributed by atoms with Gasteiger partial charge in [0.1, 0.15) is 74.9 Å². The molecule has 2 heterocycles. The molecule has 110 heavy (non-hydrogen) atoms. The third kappa shape index (κ3) is 23.8. The molecule has 566 valence electrons. The Labute approximate surface area is 629 Å². The van der Waals surface area contributed by atoms with Crippen LogP contribution < -0.4 is 18.9 Å². The molecule has 0 N–H and O–H groups in total. The van der Waals surface area contributed by atoms with Crippen molar-refractivity contribution in [2.24, 2.45) is 0 Å². The number of carbonyl (C=O) groups is 12. The number of hydrogen-bond acceptors (Lipinski definition) is 28. The van der Waals surface area contributed by atoms with Gasteiger partial charge in [0, 0.05) is 68.5 Å². The molecule has 28 nitrogen and oxygen atoms in total. The maximum atomic E-state index is 13.3. The Bertz CT molecular complexity index is 4630. The number of benzene rings is 7. The molecular weight excluding hydrogens is 1420 g/mol. The fourth-order valence-electron chi connectivity index (χ4n) is 10.2. The Morgan fingerprint density at radius 1 is 0.264 bits per heavy atom. The normalized spacial score (nSPS) is 10.5. The van der Waals surface area contributed by atoms with Crippen LogP contribution in [0, 0.1) is 13.8 Å². The van der Waals surface area contributed by atoms with Gasteiger partial charge in [-0.1, -0.05) is 172 Å². The summed E-state index contributed by atoms with van der Waals surface area (Å²) in [6.07, 6.45) is 1.18. The van der Waals surface area contributed by atoms with Crippen molar-refractivity contribution >= 4 is 104 Å². The molecule has 9 aromatic rings. The van der Waals surface area contributed by atoms with E-state index in [4.69, 9.17) is 76.8 Å². The van der Waals surface area contributed by atoms with Crippen molar-refractivity contribution in [1.29, 1.82) is 0 Å². The van der Waals surface area contributed by atoms with Gasteiger partial charge in [-0.3, -0.25) is 38.4 Å². The molecule has 0 unspecified atom stereocenters.